The summed E-state index contributed by atoms with van der Waals surface area (Å²) >= 11 is 9.47. The molecule has 108 valence electrons. The summed E-state index contributed by atoms with van der Waals surface area (Å²) in [5, 5.41) is 3.43. The Morgan fingerprint density at radius 2 is 2.14 bits per heavy atom. The summed E-state index contributed by atoms with van der Waals surface area (Å²) in [6, 6.07) is 10.8. The molecule has 0 saturated carbocycles. The van der Waals surface area contributed by atoms with Crippen molar-refractivity contribution in [1.82, 2.24) is 5.32 Å². The second-order valence-corrected chi connectivity index (χ2v) is 5.78. The lowest BCUT2D eigenvalue weighted by molar-refractivity contribution is 0.0946. The highest BCUT2D eigenvalue weighted by Crippen LogP contribution is 2.35. The summed E-state index contributed by atoms with van der Waals surface area (Å²) in [4.78, 5) is 12.3. The van der Waals surface area contributed by atoms with Crippen molar-refractivity contribution in [3.63, 3.8) is 0 Å². The van der Waals surface area contributed by atoms with Crippen LogP contribution in [-0.2, 0) is 6.54 Å². The normalized spacial score (nSPS) is 12.3. The summed E-state index contributed by atoms with van der Waals surface area (Å²) in [5.74, 6) is 0.845. The standard InChI is InChI=1S/C15H11BrClNO3/c16-10-5-4-9(12(17)6-10)7-18-15(19)11-2-1-3-13-14(11)21-8-20-13/h1-6H,7-8H2,(H,18,19). The third kappa shape index (κ3) is 2.99. The Bertz CT molecular complexity index is 705. The van der Waals surface area contributed by atoms with E-state index in [1.54, 1.807) is 24.3 Å². The molecule has 0 saturated heterocycles. The second kappa shape index (κ2) is 5.95. The lowest BCUT2D eigenvalue weighted by atomic mass is 10.1. The van der Waals surface area contributed by atoms with Crippen molar-refractivity contribution in [1.29, 1.82) is 0 Å². The zero-order valence-electron chi connectivity index (χ0n) is 10.9. The maximum atomic E-state index is 12.3. The minimum atomic E-state index is -0.226. The molecule has 0 bridgehead atoms. The van der Waals surface area contributed by atoms with Crippen LogP contribution in [0.3, 0.4) is 0 Å². The van der Waals surface area contributed by atoms with Gasteiger partial charge in [-0.25, -0.2) is 0 Å². The highest BCUT2D eigenvalue weighted by atomic mass is 79.9. The average molecular weight is 369 g/mol. The Balaban J connectivity index is 1.74. The number of para-hydroxylation sites is 1. The van der Waals surface area contributed by atoms with E-state index in [1.807, 2.05) is 12.1 Å². The van der Waals surface area contributed by atoms with Gasteiger partial charge in [0.05, 0.1) is 5.56 Å². The van der Waals surface area contributed by atoms with Crippen molar-refractivity contribution in [3.8, 4) is 11.5 Å². The Morgan fingerprint density at radius 1 is 1.29 bits per heavy atom. The number of amides is 1. The van der Waals surface area contributed by atoms with Crippen molar-refractivity contribution in [3.05, 3.63) is 57.0 Å². The zero-order valence-corrected chi connectivity index (χ0v) is 13.2. The van der Waals surface area contributed by atoms with Crippen LogP contribution in [0.25, 0.3) is 0 Å². The smallest absolute Gasteiger partial charge is 0.255 e. The van der Waals surface area contributed by atoms with Gasteiger partial charge >= 0.3 is 0 Å². The van der Waals surface area contributed by atoms with Gasteiger partial charge in [0.25, 0.3) is 5.91 Å². The van der Waals surface area contributed by atoms with Crippen LogP contribution in [0.2, 0.25) is 5.02 Å². The first kappa shape index (κ1) is 14.2. The molecule has 0 radical (unpaired) electrons. The highest BCUT2D eigenvalue weighted by molar-refractivity contribution is 9.10. The van der Waals surface area contributed by atoms with Crippen molar-refractivity contribution in [2.75, 3.05) is 6.79 Å². The number of carbonyl (C=O) groups excluding carboxylic acids is 1. The van der Waals surface area contributed by atoms with Crippen LogP contribution in [0.15, 0.2) is 40.9 Å². The fourth-order valence-corrected chi connectivity index (χ4v) is 2.79. The first-order valence-corrected chi connectivity index (χ1v) is 7.43. The Labute approximate surface area is 135 Å². The van der Waals surface area contributed by atoms with Gasteiger partial charge in [-0.15, -0.1) is 0 Å². The molecule has 0 atom stereocenters. The molecular formula is C15H11BrClNO3. The fraction of sp³-hybridized carbons (Fsp3) is 0.133. The molecule has 1 aliphatic heterocycles. The van der Waals surface area contributed by atoms with Crippen molar-refractivity contribution >= 4 is 33.4 Å². The van der Waals surface area contributed by atoms with Crippen LogP contribution in [0, 0.1) is 0 Å². The van der Waals surface area contributed by atoms with Crippen LogP contribution in [0.5, 0.6) is 11.5 Å². The van der Waals surface area contributed by atoms with Gasteiger partial charge in [-0.2, -0.15) is 0 Å². The molecular weight excluding hydrogens is 358 g/mol. The summed E-state index contributed by atoms with van der Waals surface area (Å²) in [6.07, 6.45) is 0. The molecule has 6 heteroatoms. The molecule has 2 aromatic carbocycles. The van der Waals surface area contributed by atoms with Crippen LogP contribution < -0.4 is 14.8 Å². The number of hydrogen-bond acceptors (Lipinski definition) is 3. The molecule has 21 heavy (non-hydrogen) atoms. The second-order valence-electron chi connectivity index (χ2n) is 4.46. The topological polar surface area (TPSA) is 47.6 Å². The number of nitrogens with one attached hydrogen (secondary N) is 1. The van der Waals surface area contributed by atoms with Gasteiger partial charge in [0.2, 0.25) is 6.79 Å². The van der Waals surface area contributed by atoms with Crippen molar-refractivity contribution in [2.45, 2.75) is 6.54 Å². The third-order valence-corrected chi connectivity index (χ3v) is 3.94. The molecule has 0 fully saturated rings. The molecule has 0 aliphatic carbocycles. The van der Waals surface area contributed by atoms with E-state index in [0.29, 0.717) is 28.6 Å². The van der Waals surface area contributed by atoms with Crippen LogP contribution in [0.1, 0.15) is 15.9 Å². The monoisotopic (exact) mass is 367 g/mol. The molecule has 4 nitrogen and oxygen atoms in total. The summed E-state index contributed by atoms with van der Waals surface area (Å²) < 4.78 is 11.5. The van der Waals surface area contributed by atoms with E-state index in [9.17, 15) is 4.79 Å². The number of carbonyl (C=O) groups is 1. The number of halogens is 2. The van der Waals surface area contributed by atoms with Gasteiger partial charge in [-0.1, -0.05) is 39.7 Å². The van der Waals surface area contributed by atoms with E-state index in [4.69, 9.17) is 21.1 Å². The number of hydrogen-bond donors (Lipinski definition) is 1. The van der Waals surface area contributed by atoms with Gasteiger partial charge in [-0.05, 0) is 29.8 Å². The molecule has 3 rings (SSSR count). The van der Waals surface area contributed by atoms with Gasteiger partial charge in [0, 0.05) is 16.0 Å². The lowest BCUT2D eigenvalue weighted by Crippen LogP contribution is -2.23. The Morgan fingerprint density at radius 3 is 2.95 bits per heavy atom. The number of rotatable bonds is 3. The lowest BCUT2D eigenvalue weighted by Gasteiger charge is -2.09. The van der Waals surface area contributed by atoms with E-state index < -0.39 is 0 Å². The van der Waals surface area contributed by atoms with E-state index in [0.717, 1.165) is 10.0 Å². The molecule has 1 aliphatic rings. The number of benzene rings is 2. The predicted molar refractivity (Wildman–Crippen MR) is 82.9 cm³/mol. The Hall–Kier alpha value is -1.72. The quantitative estimate of drug-likeness (QED) is 0.897. The minimum Gasteiger partial charge on any atom is -0.454 e. The Kier molecular flexibility index (Phi) is 4.03. The van der Waals surface area contributed by atoms with E-state index in [2.05, 4.69) is 21.2 Å². The van der Waals surface area contributed by atoms with E-state index in [-0.39, 0.29) is 12.7 Å². The van der Waals surface area contributed by atoms with Crippen LogP contribution >= 0.6 is 27.5 Å². The summed E-state index contributed by atoms with van der Waals surface area (Å²) in [6.45, 7) is 0.480. The van der Waals surface area contributed by atoms with E-state index >= 15 is 0 Å². The largest absolute Gasteiger partial charge is 0.454 e. The van der Waals surface area contributed by atoms with Gasteiger partial charge in [0.1, 0.15) is 0 Å². The molecule has 1 N–H and O–H groups in total. The third-order valence-electron chi connectivity index (χ3n) is 3.10. The fourth-order valence-electron chi connectivity index (χ4n) is 2.04. The molecule has 1 heterocycles. The first-order chi connectivity index (χ1) is 10.1. The summed E-state index contributed by atoms with van der Waals surface area (Å²) in [5.41, 5.74) is 1.30. The van der Waals surface area contributed by atoms with Crippen molar-refractivity contribution in [2.24, 2.45) is 0 Å². The van der Waals surface area contributed by atoms with Crippen LogP contribution in [0.4, 0.5) is 0 Å². The minimum absolute atomic E-state index is 0.137. The molecule has 2 aromatic rings. The highest BCUT2D eigenvalue weighted by Gasteiger charge is 2.21. The average Bonchev–Trinajstić information content (AvgIpc) is 2.94. The number of fused-ring (bicyclic) bond motifs is 1. The van der Waals surface area contributed by atoms with Crippen LogP contribution in [-0.4, -0.2) is 12.7 Å². The zero-order chi connectivity index (χ0) is 14.8. The molecule has 0 spiro atoms. The maximum absolute atomic E-state index is 12.3. The van der Waals surface area contributed by atoms with E-state index in [1.165, 1.54) is 0 Å². The van der Waals surface area contributed by atoms with Gasteiger partial charge in [-0.3, -0.25) is 4.79 Å². The molecule has 0 unspecified atom stereocenters. The maximum Gasteiger partial charge on any atom is 0.255 e. The predicted octanol–water partition coefficient (Wildman–Crippen LogP) is 3.76. The number of ether oxygens (including phenoxy) is 2. The van der Waals surface area contributed by atoms with Gasteiger partial charge < -0.3 is 14.8 Å². The molecule has 0 aromatic heterocycles. The SMILES string of the molecule is O=C(NCc1ccc(Br)cc1Cl)c1cccc2c1OCO2. The van der Waals surface area contributed by atoms with Crippen molar-refractivity contribution < 1.29 is 14.3 Å². The first-order valence-electron chi connectivity index (χ1n) is 6.26. The summed E-state index contributed by atoms with van der Waals surface area (Å²) in [7, 11) is 0. The van der Waals surface area contributed by atoms with Gasteiger partial charge in [0.15, 0.2) is 11.5 Å². The molecule has 1 amide bonds.